The third kappa shape index (κ3) is 3.61. The van der Waals surface area contributed by atoms with Crippen molar-refractivity contribution in [3.05, 3.63) is 42.4 Å². The van der Waals surface area contributed by atoms with Crippen LogP contribution in [0.25, 0.3) is 11.3 Å². The largest absolute Gasteiger partial charge is 0.440 e. The van der Waals surface area contributed by atoms with Crippen molar-refractivity contribution in [1.29, 1.82) is 0 Å². The van der Waals surface area contributed by atoms with E-state index in [1.807, 2.05) is 30.3 Å². The average molecular weight is 248 g/mol. The van der Waals surface area contributed by atoms with Gasteiger partial charge in [0.2, 0.25) is 5.89 Å². The lowest BCUT2D eigenvalue weighted by atomic mass is 10.2. The molecule has 90 valence electrons. The van der Waals surface area contributed by atoms with Crippen LogP contribution in [0.3, 0.4) is 0 Å². The summed E-state index contributed by atoms with van der Waals surface area (Å²) in [6.07, 6.45) is 2.82. The van der Waals surface area contributed by atoms with E-state index in [1.165, 1.54) is 0 Å². The van der Waals surface area contributed by atoms with Gasteiger partial charge in [-0.15, -0.1) is 0 Å². The molecular weight excluding hydrogens is 232 g/mol. The van der Waals surface area contributed by atoms with Crippen LogP contribution in [-0.2, 0) is 5.75 Å². The summed E-state index contributed by atoms with van der Waals surface area (Å²) in [4.78, 5) is 4.27. The number of nitrogens with zero attached hydrogens (tertiary/aromatic N) is 1. The normalized spacial score (nSPS) is 10.6. The number of oxazole rings is 1. The van der Waals surface area contributed by atoms with Crippen molar-refractivity contribution in [3.63, 3.8) is 0 Å². The number of rotatable bonds is 6. The zero-order valence-corrected chi connectivity index (χ0v) is 10.5. The van der Waals surface area contributed by atoms with Gasteiger partial charge in [-0.2, -0.15) is 11.8 Å². The van der Waals surface area contributed by atoms with E-state index in [0.717, 1.165) is 41.7 Å². The summed E-state index contributed by atoms with van der Waals surface area (Å²) in [7, 11) is 0. The Hall–Kier alpha value is -1.26. The molecule has 0 aliphatic heterocycles. The van der Waals surface area contributed by atoms with Crippen LogP contribution in [0.5, 0.6) is 0 Å². The molecule has 0 amide bonds. The van der Waals surface area contributed by atoms with Gasteiger partial charge in [-0.1, -0.05) is 30.3 Å². The van der Waals surface area contributed by atoms with E-state index in [4.69, 9.17) is 10.2 Å². The number of hydrogen-bond acceptors (Lipinski definition) is 4. The third-order valence-electron chi connectivity index (χ3n) is 2.33. The maximum absolute atomic E-state index is 5.69. The van der Waals surface area contributed by atoms with E-state index >= 15 is 0 Å². The predicted molar refractivity (Wildman–Crippen MR) is 71.8 cm³/mol. The first-order chi connectivity index (χ1) is 8.40. The molecule has 2 N–H and O–H groups in total. The standard InChI is InChI=1S/C13H16N2OS/c14-7-4-8-17-10-13-15-9-12(16-13)11-5-2-1-3-6-11/h1-3,5-6,9H,4,7-8,10,14H2. The quantitative estimate of drug-likeness (QED) is 0.799. The molecule has 0 spiro atoms. The second kappa shape index (κ2) is 6.47. The average Bonchev–Trinajstić information content (AvgIpc) is 2.85. The SMILES string of the molecule is NCCCSCc1ncc(-c2ccccc2)o1. The summed E-state index contributed by atoms with van der Waals surface area (Å²) in [5.41, 5.74) is 6.50. The first-order valence-corrected chi connectivity index (χ1v) is 6.83. The van der Waals surface area contributed by atoms with Gasteiger partial charge in [0.05, 0.1) is 11.9 Å². The minimum absolute atomic E-state index is 0.744. The first kappa shape index (κ1) is 12.2. The van der Waals surface area contributed by atoms with E-state index in [9.17, 15) is 0 Å². The fourth-order valence-corrected chi connectivity index (χ4v) is 2.28. The molecule has 1 heterocycles. The van der Waals surface area contributed by atoms with Crippen LogP contribution in [0.1, 0.15) is 12.3 Å². The maximum atomic E-state index is 5.69. The molecule has 3 nitrogen and oxygen atoms in total. The van der Waals surface area contributed by atoms with Crippen LogP contribution in [0.15, 0.2) is 40.9 Å². The lowest BCUT2D eigenvalue weighted by molar-refractivity contribution is 0.530. The van der Waals surface area contributed by atoms with Crippen LogP contribution in [0, 0.1) is 0 Å². The van der Waals surface area contributed by atoms with Crippen molar-refractivity contribution in [2.45, 2.75) is 12.2 Å². The fourth-order valence-electron chi connectivity index (χ4n) is 1.46. The Labute approximate surface area is 105 Å². The van der Waals surface area contributed by atoms with Crippen molar-refractivity contribution in [2.75, 3.05) is 12.3 Å². The minimum atomic E-state index is 0.744. The highest BCUT2D eigenvalue weighted by Crippen LogP contribution is 2.21. The molecular formula is C13H16N2OS. The Bertz CT molecular complexity index is 442. The Balaban J connectivity index is 1.92. The molecule has 1 aromatic carbocycles. The molecule has 0 saturated heterocycles. The van der Waals surface area contributed by atoms with Crippen LogP contribution < -0.4 is 5.73 Å². The van der Waals surface area contributed by atoms with Crippen molar-refractivity contribution in [2.24, 2.45) is 5.73 Å². The van der Waals surface area contributed by atoms with Crippen LogP contribution in [0.2, 0.25) is 0 Å². The summed E-state index contributed by atoms with van der Waals surface area (Å²) >= 11 is 1.80. The zero-order chi connectivity index (χ0) is 11.9. The Morgan fingerprint density at radius 2 is 2.06 bits per heavy atom. The number of aromatic nitrogens is 1. The van der Waals surface area contributed by atoms with Gasteiger partial charge in [-0.25, -0.2) is 4.98 Å². The highest BCUT2D eigenvalue weighted by Gasteiger charge is 2.05. The van der Waals surface area contributed by atoms with Crippen molar-refractivity contribution >= 4 is 11.8 Å². The van der Waals surface area contributed by atoms with Crippen LogP contribution >= 0.6 is 11.8 Å². The molecule has 0 radical (unpaired) electrons. The molecule has 0 aliphatic rings. The topological polar surface area (TPSA) is 52.0 Å². The zero-order valence-electron chi connectivity index (χ0n) is 9.63. The lowest BCUT2D eigenvalue weighted by Gasteiger charge is -1.97. The first-order valence-electron chi connectivity index (χ1n) is 5.68. The minimum Gasteiger partial charge on any atom is -0.440 e. The van der Waals surface area contributed by atoms with Gasteiger partial charge in [0.25, 0.3) is 0 Å². The maximum Gasteiger partial charge on any atom is 0.204 e. The number of benzene rings is 1. The van der Waals surface area contributed by atoms with E-state index in [2.05, 4.69) is 4.98 Å². The van der Waals surface area contributed by atoms with Gasteiger partial charge in [-0.3, -0.25) is 0 Å². The predicted octanol–water partition coefficient (Wildman–Crippen LogP) is 2.92. The molecule has 2 aromatic rings. The summed E-state index contributed by atoms with van der Waals surface area (Å²) in [6.45, 7) is 0.744. The molecule has 0 bridgehead atoms. The second-order valence-electron chi connectivity index (χ2n) is 3.68. The Kier molecular flexibility index (Phi) is 4.64. The van der Waals surface area contributed by atoms with E-state index in [0.29, 0.717) is 0 Å². The number of hydrogen-bond donors (Lipinski definition) is 1. The molecule has 4 heteroatoms. The fraction of sp³-hybridized carbons (Fsp3) is 0.308. The van der Waals surface area contributed by atoms with Crippen LogP contribution in [-0.4, -0.2) is 17.3 Å². The van der Waals surface area contributed by atoms with Gasteiger partial charge in [0.1, 0.15) is 0 Å². The van der Waals surface area contributed by atoms with E-state index in [1.54, 1.807) is 18.0 Å². The van der Waals surface area contributed by atoms with Gasteiger partial charge < -0.3 is 10.2 Å². The molecule has 0 saturated carbocycles. The van der Waals surface area contributed by atoms with Gasteiger partial charge >= 0.3 is 0 Å². The van der Waals surface area contributed by atoms with E-state index in [-0.39, 0.29) is 0 Å². The summed E-state index contributed by atoms with van der Waals surface area (Å²) in [5, 5.41) is 0. The molecule has 17 heavy (non-hydrogen) atoms. The summed E-state index contributed by atoms with van der Waals surface area (Å²) in [6, 6.07) is 10.0. The molecule has 1 aromatic heterocycles. The molecule has 0 atom stereocenters. The van der Waals surface area contributed by atoms with Crippen molar-refractivity contribution in [3.8, 4) is 11.3 Å². The molecule has 0 fully saturated rings. The highest BCUT2D eigenvalue weighted by atomic mass is 32.2. The Morgan fingerprint density at radius 1 is 1.24 bits per heavy atom. The molecule has 0 aliphatic carbocycles. The smallest absolute Gasteiger partial charge is 0.204 e. The van der Waals surface area contributed by atoms with Gasteiger partial charge in [-0.05, 0) is 18.7 Å². The summed E-state index contributed by atoms with van der Waals surface area (Å²) in [5.74, 6) is 3.48. The summed E-state index contributed by atoms with van der Waals surface area (Å²) < 4.78 is 5.69. The number of thioether (sulfide) groups is 1. The lowest BCUT2D eigenvalue weighted by Crippen LogP contribution is -1.99. The van der Waals surface area contributed by atoms with Crippen molar-refractivity contribution < 1.29 is 4.42 Å². The second-order valence-corrected chi connectivity index (χ2v) is 4.78. The molecule has 0 unspecified atom stereocenters. The van der Waals surface area contributed by atoms with E-state index < -0.39 is 0 Å². The van der Waals surface area contributed by atoms with Crippen LogP contribution in [0.4, 0.5) is 0 Å². The monoisotopic (exact) mass is 248 g/mol. The third-order valence-corrected chi connectivity index (χ3v) is 3.36. The van der Waals surface area contributed by atoms with Gasteiger partial charge in [0.15, 0.2) is 5.76 Å². The van der Waals surface area contributed by atoms with Crippen molar-refractivity contribution in [1.82, 2.24) is 4.98 Å². The highest BCUT2D eigenvalue weighted by molar-refractivity contribution is 7.98. The number of nitrogens with two attached hydrogens (primary N) is 1. The van der Waals surface area contributed by atoms with Gasteiger partial charge in [0, 0.05) is 5.56 Å². The Morgan fingerprint density at radius 3 is 2.82 bits per heavy atom. The molecule has 2 rings (SSSR count).